The van der Waals surface area contributed by atoms with Gasteiger partial charge in [0.05, 0.1) is 12.6 Å². The average molecular weight is 306 g/mol. The van der Waals surface area contributed by atoms with Crippen LogP contribution in [0.3, 0.4) is 0 Å². The molecule has 0 spiro atoms. The number of aliphatic hydroxyl groups excluding tert-OH is 1. The fourth-order valence-corrected chi connectivity index (χ4v) is 3.08. The molecule has 1 aliphatic rings. The first-order chi connectivity index (χ1) is 10.2. The second kappa shape index (κ2) is 6.60. The van der Waals surface area contributed by atoms with Crippen molar-refractivity contribution in [3.8, 4) is 0 Å². The van der Waals surface area contributed by atoms with Crippen LogP contribution in [0.4, 0.5) is 0 Å². The van der Waals surface area contributed by atoms with Crippen molar-refractivity contribution < 1.29 is 5.11 Å². The second-order valence-corrected chi connectivity index (χ2v) is 6.08. The van der Waals surface area contributed by atoms with E-state index >= 15 is 0 Å². The number of hydrogen-bond acceptors (Lipinski definition) is 3. The lowest BCUT2D eigenvalue weighted by molar-refractivity contribution is 0.0561. The summed E-state index contributed by atoms with van der Waals surface area (Å²) in [6.45, 7) is 2.85. The van der Waals surface area contributed by atoms with Crippen molar-refractivity contribution in [3.63, 3.8) is 0 Å². The summed E-state index contributed by atoms with van der Waals surface area (Å²) in [6.07, 6.45) is 5.25. The predicted molar refractivity (Wildman–Crippen MR) is 83.0 cm³/mol. The van der Waals surface area contributed by atoms with Crippen molar-refractivity contribution in [2.24, 2.45) is 5.92 Å². The molecule has 1 saturated heterocycles. The van der Waals surface area contributed by atoms with Crippen molar-refractivity contribution in [2.45, 2.75) is 25.5 Å². The molecule has 0 amide bonds. The quantitative estimate of drug-likeness (QED) is 0.913. The lowest BCUT2D eigenvalue weighted by Gasteiger charge is -2.33. The molecule has 1 aliphatic heterocycles. The Kier molecular flexibility index (Phi) is 4.58. The number of aliphatic hydroxyl groups is 1. The number of benzene rings is 1. The molecule has 112 valence electrons. The van der Waals surface area contributed by atoms with Gasteiger partial charge >= 0.3 is 0 Å². The molecule has 0 bridgehead atoms. The molecule has 5 heteroatoms. The smallest absolute Gasteiger partial charge is 0.120 e. The molecule has 1 aromatic heterocycles. The number of imidazole rings is 1. The first-order valence-corrected chi connectivity index (χ1v) is 7.74. The van der Waals surface area contributed by atoms with Crippen LogP contribution >= 0.6 is 11.6 Å². The van der Waals surface area contributed by atoms with Gasteiger partial charge in [0.25, 0.3) is 0 Å². The van der Waals surface area contributed by atoms with Gasteiger partial charge in [-0.1, -0.05) is 23.7 Å². The molecule has 1 aromatic carbocycles. The van der Waals surface area contributed by atoms with Gasteiger partial charge in [-0.05, 0) is 49.5 Å². The van der Waals surface area contributed by atoms with E-state index in [1.54, 1.807) is 6.20 Å². The monoisotopic (exact) mass is 305 g/mol. The molecule has 2 heterocycles. The number of nitrogens with one attached hydrogen (secondary N) is 1. The fraction of sp³-hybridized carbons (Fsp3) is 0.438. The molecule has 0 saturated carbocycles. The molecule has 1 fully saturated rings. The van der Waals surface area contributed by atoms with E-state index in [9.17, 15) is 5.11 Å². The Labute approximate surface area is 129 Å². The summed E-state index contributed by atoms with van der Waals surface area (Å²) in [5, 5.41) is 11.2. The van der Waals surface area contributed by atoms with Crippen molar-refractivity contribution in [1.82, 2.24) is 14.9 Å². The summed E-state index contributed by atoms with van der Waals surface area (Å²) in [6, 6.07) is 7.52. The molecule has 21 heavy (non-hydrogen) atoms. The highest BCUT2D eigenvalue weighted by Crippen LogP contribution is 2.31. The fourth-order valence-electron chi connectivity index (χ4n) is 2.96. The molecule has 4 nitrogen and oxygen atoms in total. The first-order valence-electron chi connectivity index (χ1n) is 7.36. The van der Waals surface area contributed by atoms with Gasteiger partial charge in [0.2, 0.25) is 0 Å². The molecular weight excluding hydrogens is 286 g/mol. The Morgan fingerprint density at radius 1 is 1.29 bits per heavy atom. The maximum Gasteiger partial charge on any atom is 0.120 e. The van der Waals surface area contributed by atoms with Crippen LogP contribution in [0, 0.1) is 5.92 Å². The van der Waals surface area contributed by atoms with Gasteiger partial charge in [-0.2, -0.15) is 0 Å². The van der Waals surface area contributed by atoms with Crippen LogP contribution in [-0.4, -0.2) is 33.1 Å². The summed E-state index contributed by atoms with van der Waals surface area (Å²) < 4.78 is 0. The van der Waals surface area contributed by atoms with Gasteiger partial charge in [-0.25, -0.2) is 4.98 Å². The second-order valence-electron chi connectivity index (χ2n) is 5.65. The zero-order chi connectivity index (χ0) is 14.7. The maximum absolute atomic E-state index is 10.5. The number of nitrogens with zero attached hydrogens (tertiary/aromatic N) is 2. The molecule has 1 atom stereocenters. The normalized spacial score (nSPS) is 18.8. The third-order valence-corrected chi connectivity index (χ3v) is 4.47. The Morgan fingerprint density at radius 3 is 2.62 bits per heavy atom. The van der Waals surface area contributed by atoms with E-state index in [-0.39, 0.29) is 0 Å². The van der Waals surface area contributed by atoms with E-state index in [4.69, 9.17) is 11.6 Å². The highest BCUT2D eigenvalue weighted by Gasteiger charge is 2.26. The highest BCUT2D eigenvalue weighted by molar-refractivity contribution is 6.30. The van der Waals surface area contributed by atoms with Crippen molar-refractivity contribution in [2.75, 3.05) is 13.1 Å². The molecule has 2 N–H and O–H groups in total. The Hall–Kier alpha value is -1.36. The van der Waals surface area contributed by atoms with Crippen molar-refractivity contribution >= 4 is 11.6 Å². The minimum Gasteiger partial charge on any atom is -0.388 e. The van der Waals surface area contributed by atoms with E-state index < -0.39 is 6.10 Å². The Bertz CT molecular complexity index is 547. The number of aromatic nitrogens is 2. The minimum atomic E-state index is -0.395. The number of hydrogen-bond donors (Lipinski definition) is 2. The largest absolute Gasteiger partial charge is 0.388 e. The van der Waals surface area contributed by atoms with E-state index in [2.05, 4.69) is 14.9 Å². The SMILES string of the molecule is OC(c1ccc(Cl)cc1)C1CCN(Cc2ncc[nH]2)CC1. The zero-order valence-electron chi connectivity index (χ0n) is 11.9. The van der Waals surface area contributed by atoms with Crippen LogP contribution in [-0.2, 0) is 6.54 Å². The number of likely N-dealkylation sites (tertiary alicyclic amines) is 1. The van der Waals surface area contributed by atoms with Gasteiger partial charge in [0, 0.05) is 17.4 Å². The molecular formula is C16H20ClN3O. The molecule has 0 aliphatic carbocycles. The lowest BCUT2D eigenvalue weighted by Crippen LogP contribution is -2.35. The van der Waals surface area contributed by atoms with Gasteiger partial charge in [-0.15, -0.1) is 0 Å². The van der Waals surface area contributed by atoms with E-state index in [0.717, 1.165) is 43.9 Å². The van der Waals surface area contributed by atoms with Gasteiger partial charge in [-0.3, -0.25) is 4.90 Å². The third-order valence-electron chi connectivity index (χ3n) is 4.22. The highest BCUT2D eigenvalue weighted by atomic mass is 35.5. The summed E-state index contributed by atoms with van der Waals surface area (Å²) in [5.41, 5.74) is 0.962. The lowest BCUT2D eigenvalue weighted by atomic mass is 9.87. The van der Waals surface area contributed by atoms with E-state index in [1.807, 2.05) is 30.5 Å². The Balaban J connectivity index is 1.54. The van der Waals surface area contributed by atoms with Crippen molar-refractivity contribution in [1.29, 1.82) is 0 Å². The van der Waals surface area contributed by atoms with Crippen LogP contribution in [0.25, 0.3) is 0 Å². The number of H-pyrrole nitrogens is 1. The molecule has 0 radical (unpaired) electrons. The van der Waals surface area contributed by atoms with Crippen LogP contribution in [0.2, 0.25) is 5.02 Å². The Morgan fingerprint density at radius 2 is 2.00 bits per heavy atom. The van der Waals surface area contributed by atoms with Gasteiger partial charge in [0.15, 0.2) is 0 Å². The van der Waals surface area contributed by atoms with E-state index in [1.165, 1.54) is 0 Å². The third kappa shape index (κ3) is 3.64. The number of rotatable bonds is 4. The van der Waals surface area contributed by atoms with Crippen LogP contribution in [0.5, 0.6) is 0 Å². The van der Waals surface area contributed by atoms with Crippen LogP contribution < -0.4 is 0 Å². The molecule has 1 unspecified atom stereocenters. The molecule has 3 rings (SSSR count). The zero-order valence-corrected chi connectivity index (χ0v) is 12.6. The number of aromatic amines is 1. The topological polar surface area (TPSA) is 52.1 Å². The van der Waals surface area contributed by atoms with Gasteiger partial charge < -0.3 is 10.1 Å². The minimum absolute atomic E-state index is 0.319. The summed E-state index contributed by atoms with van der Waals surface area (Å²) in [7, 11) is 0. The number of piperidine rings is 1. The maximum atomic E-state index is 10.5. The van der Waals surface area contributed by atoms with Crippen LogP contribution in [0.15, 0.2) is 36.7 Å². The average Bonchev–Trinajstić information content (AvgIpc) is 3.01. The number of halogens is 1. The standard InChI is InChI=1S/C16H20ClN3O/c17-14-3-1-12(2-4-14)16(21)13-5-9-20(10-6-13)11-15-18-7-8-19-15/h1-4,7-8,13,16,21H,5-6,9-11H2,(H,18,19). The summed E-state index contributed by atoms with van der Waals surface area (Å²) >= 11 is 5.89. The van der Waals surface area contributed by atoms with Gasteiger partial charge in [0.1, 0.15) is 5.82 Å². The van der Waals surface area contributed by atoms with Crippen LogP contribution in [0.1, 0.15) is 30.3 Å². The van der Waals surface area contributed by atoms with Crippen molar-refractivity contribution in [3.05, 3.63) is 53.1 Å². The summed E-state index contributed by atoms with van der Waals surface area (Å²) in [5.74, 6) is 1.32. The van der Waals surface area contributed by atoms with E-state index in [0.29, 0.717) is 10.9 Å². The predicted octanol–water partition coefficient (Wildman–Crippen LogP) is 3.01. The first kappa shape index (κ1) is 14.6. The summed E-state index contributed by atoms with van der Waals surface area (Å²) in [4.78, 5) is 9.77. The molecule has 2 aromatic rings.